The summed E-state index contributed by atoms with van der Waals surface area (Å²) in [5.74, 6) is 1.11. The monoisotopic (exact) mass is 306 g/mol. The molecule has 8 rings (SSSR count). The predicted octanol–water partition coefficient (Wildman–Crippen LogP) is 2.57. The van der Waals surface area contributed by atoms with Gasteiger partial charge in [0.05, 0.1) is 5.54 Å². The zero-order chi connectivity index (χ0) is 15.0. The van der Waals surface area contributed by atoms with E-state index in [2.05, 4.69) is 34.5 Å². The van der Waals surface area contributed by atoms with Gasteiger partial charge in [0.1, 0.15) is 5.78 Å². The summed E-state index contributed by atoms with van der Waals surface area (Å²) in [5, 5.41) is 3.96. The summed E-state index contributed by atoms with van der Waals surface area (Å²) in [4.78, 5) is 16.1. The molecule has 4 aliphatic carbocycles. The smallest absolute Gasteiger partial charge is 0.143 e. The molecular weight excluding hydrogens is 284 g/mol. The summed E-state index contributed by atoms with van der Waals surface area (Å²) in [6.45, 7) is 2.24. The zero-order valence-electron chi connectivity index (χ0n) is 13.3. The average molecular weight is 306 g/mol. The third kappa shape index (κ3) is 0.914. The van der Waals surface area contributed by atoms with Crippen LogP contribution in [-0.4, -0.2) is 35.4 Å². The molecular formula is C20H22N2O. The van der Waals surface area contributed by atoms with Crippen molar-refractivity contribution in [3.8, 4) is 0 Å². The van der Waals surface area contributed by atoms with Crippen LogP contribution < -0.4 is 5.32 Å². The molecule has 118 valence electrons. The number of Topliss-reactive ketones (excluding diaryl/α,β-unsaturated/α-hetero) is 1. The quantitative estimate of drug-likeness (QED) is 0.799. The number of hydrogen-bond acceptors (Lipinski definition) is 3. The molecule has 3 aliphatic heterocycles. The van der Waals surface area contributed by atoms with E-state index in [-0.39, 0.29) is 22.8 Å². The highest BCUT2D eigenvalue weighted by Crippen LogP contribution is 2.79. The maximum Gasteiger partial charge on any atom is 0.143 e. The van der Waals surface area contributed by atoms with Crippen LogP contribution in [0.5, 0.6) is 0 Å². The van der Waals surface area contributed by atoms with E-state index in [0.717, 1.165) is 13.0 Å². The Morgan fingerprint density at radius 2 is 2.04 bits per heavy atom. The third-order valence-electron chi connectivity index (χ3n) is 8.84. The van der Waals surface area contributed by atoms with Gasteiger partial charge in [-0.05, 0) is 55.7 Å². The molecule has 0 unspecified atom stereocenters. The average Bonchev–Trinajstić information content (AvgIpc) is 3.13. The molecule has 0 radical (unpaired) electrons. The minimum atomic E-state index is 0.0386. The maximum absolute atomic E-state index is 13.4. The van der Waals surface area contributed by atoms with Crippen molar-refractivity contribution in [3.05, 3.63) is 29.8 Å². The van der Waals surface area contributed by atoms with Gasteiger partial charge in [0.15, 0.2) is 0 Å². The van der Waals surface area contributed by atoms with Gasteiger partial charge in [-0.3, -0.25) is 9.69 Å². The van der Waals surface area contributed by atoms with Crippen molar-refractivity contribution in [2.75, 3.05) is 18.4 Å². The van der Waals surface area contributed by atoms with Gasteiger partial charge in [-0.2, -0.15) is 0 Å². The lowest BCUT2D eigenvalue weighted by Gasteiger charge is -2.67. The van der Waals surface area contributed by atoms with Gasteiger partial charge in [0, 0.05) is 35.5 Å². The van der Waals surface area contributed by atoms with Crippen LogP contribution >= 0.6 is 0 Å². The van der Waals surface area contributed by atoms with Crippen LogP contribution in [0, 0.1) is 17.3 Å². The van der Waals surface area contributed by atoms with Crippen LogP contribution in [0.25, 0.3) is 0 Å². The normalized spacial score (nSPS) is 54.1. The second-order valence-electron chi connectivity index (χ2n) is 9.09. The number of fused-ring (bicyclic) bond motifs is 2. The minimum absolute atomic E-state index is 0.0386. The van der Waals surface area contributed by atoms with Crippen molar-refractivity contribution in [3.63, 3.8) is 0 Å². The number of rotatable bonds is 0. The molecule has 3 heteroatoms. The first-order chi connectivity index (χ1) is 11.2. The highest BCUT2D eigenvalue weighted by atomic mass is 16.1. The molecule has 1 N–H and O–H groups in total. The van der Waals surface area contributed by atoms with E-state index >= 15 is 0 Å². The number of anilines is 1. The molecule has 3 nitrogen and oxygen atoms in total. The molecule has 2 saturated heterocycles. The van der Waals surface area contributed by atoms with Gasteiger partial charge in [-0.15, -0.1) is 0 Å². The summed E-state index contributed by atoms with van der Waals surface area (Å²) in [5.41, 5.74) is 3.36. The SMILES string of the molecule is O=C1[C@H]2CN3CCC[C@]45CC[C@@]6(Nc7ccccc7[C@@]26[C@@H]34)[C@@H]1C5. The summed E-state index contributed by atoms with van der Waals surface area (Å²) < 4.78 is 0. The Morgan fingerprint density at radius 3 is 3.00 bits per heavy atom. The fraction of sp³-hybridized carbons (Fsp3) is 0.650. The number of benzene rings is 1. The highest BCUT2D eigenvalue weighted by Gasteiger charge is 2.86. The molecule has 0 aromatic heterocycles. The molecule has 3 spiro atoms. The Morgan fingerprint density at radius 1 is 1.13 bits per heavy atom. The summed E-state index contributed by atoms with van der Waals surface area (Å²) >= 11 is 0. The van der Waals surface area contributed by atoms with Crippen LogP contribution in [0.2, 0.25) is 0 Å². The predicted molar refractivity (Wildman–Crippen MR) is 87.3 cm³/mol. The Hall–Kier alpha value is -1.35. The molecule has 3 heterocycles. The molecule has 6 atom stereocenters. The Labute approximate surface area is 136 Å². The molecule has 6 fully saturated rings. The van der Waals surface area contributed by atoms with E-state index in [0.29, 0.717) is 17.2 Å². The van der Waals surface area contributed by atoms with Crippen molar-refractivity contribution < 1.29 is 4.79 Å². The van der Waals surface area contributed by atoms with Crippen molar-refractivity contribution in [1.29, 1.82) is 0 Å². The van der Waals surface area contributed by atoms with E-state index in [1.165, 1.54) is 43.5 Å². The standard InChI is InChI=1S/C20H22N2O/c23-16-13-10-18-6-3-9-22-11-14(16)20(17(18)22)12-4-1-2-5-15(12)21-19(13,20)8-7-18/h1-2,4-5,13-14,17,21H,3,6-11H2/t13-,14-,17+,18-,19-,20+/m1/s1. The Bertz CT molecular complexity index is 790. The summed E-state index contributed by atoms with van der Waals surface area (Å²) in [6, 6.07) is 9.55. The number of hydrogen-bond donors (Lipinski definition) is 1. The fourth-order valence-electron chi connectivity index (χ4n) is 8.57. The number of ketones is 1. The zero-order valence-corrected chi connectivity index (χ0v) is 13.3. The number of nitrogens with one attached hydrogen (secondary N) is 1. The maximum atomic E-state index is 13.4. The number of carbonyl (C=O) groups excluding carboxylic acids is 1. The van der Waals surface area contributed by atoms with Crippen LogP contribution in [-0.2, 0) is 10.2 Å². The van der Waals surface area contributed by atoms with Gasteiger partial charge in [0.25, 0.3) is 0 Å². The van der Waals surface area contributed by atoms with Gasteiger partial charge in [0.2, 0.25) is 0 Å². The number of carbonyl (C=O) groups is 1. The summed E-state index contributed by atoms with van der Waals surface area (Å²) in [7, 11) is 0. The Kier molecular flexibility index (Phi) is 1.70. The first-order valence-electron chi connectivity index (χ1n) is 9.38. The first kappa shape index (κ1) is 12.1. The van der Waals surface area contributed by atoms with E-state index in [1.54, 1.807) is 0 Å². The lowest BCUT2D eigenvalue weighted by Crippen LogP contribution is -2.74. The molecule has 23 heavy (non-hydrogen) atoms. The fourth-order valence-corrected chi connectivity index (χ4v) is 8.57. The lowest BCUT2D eigenvalue weighted by molar-refractivity contribution is -0.136. The largest absolute Gasteiger partial charge is 0.378 e. The van der Waals surface area contributed by atoms with Gasteiger partial charge < -0.3 is 5.32 Å². The number of nitrogens with zero attached hydrogens (tertiary/aromatic N) is 1. The molecule has 4 saturated carbocycles. The van der Waals surface area contributed by atoms with Crippen LogP contribution in [0.3, 0.4) is 0 Å². The molecule has 1 aromatic carbocycles. The first-order valence-corrected chi connectivity index (χ1v) is 9.38. The van der Waals surface area contributed by atoms with Crippen molar-refractivity contribution in [2.45, 2.75) is 49.1 Å². The third-order valence-corrected chi connectivity index (χ3v) is 8.84. The summed E-state index contributed by atoms with van der Waals surface area (Å²) in [6.07, 6.45) is 6.38. The van der Waals surface area contributed by atoms with Crippen LogP contribution in [0.1, 0.15) is 37.7 Å². The molecule has 4 bridgehead atoms. The second-order valence-corrected chi connectivity index (χ2v) is 9.09. The Balaban J connectivity index is 1.64. The number of para-hydroxylation sites is 1. The van der Waals surface area contributed by atoms with E-state index < -0.39 is 0 Å². The van der Waals surface area contributed by atoms with Gasteiger partial charge in [-0.25, -0.2) is 0 Å². The van der Waals surface area contributed by atoms with Gasteiger partial charge >= 0.3 is 0 Å². The molecule has 0 amide bonds. The van der Waals surface area contributed by atoms with E-state index in [9.17, 15) is 4.79 Å². The second kappa shape index (κ2) is 3.23. The van der Waals surface area contributed by atoms with Crippen LogP contribution in [0.15, 0.2) is 24.3 Å². The van der Waals surface area contributed by atoms with Crippen molar-refractivity contribution in [2.24, 2.45) is 17.3 Å². The van der Waals surface area contributed by atoms with Gasteiger partial charge in [-0.1, -0.05) is 18.2 Å². The van der Waals surface area contributed by atoms with Crippen LogP contribution in [0.4, 0.5) is 5.69 Å². The molecule has 1 aromatic rings. The van der Waals surface area contributed by atoms with E-state index in [4.69, 9.17) is 0 Å². The van der Waals surface area contributed by atoms with E-state index in [1.807, 2.05) is 0 Å². The lowest BCUT2D eigenvalue weighted by atomic mass is 9.41. The van der Waals surface area contributed by atoms with Crippen molar-refractivity contribution >= 4 is 11.5 Å². The van der Waals surface area contributed by atoms with Crippen molar-refractivity contribution in [1.82, 2.24) is 4.90 Å². The molecule has 7 aliphatic rings. The highest BCUT2D eigenvalue weighted by molar-refractivity contribution is 5.96. The minimum Gasteiger partial charge on any atom is -0.378 e. The number of piperidine rings is 1. The topological polar surface area (TPSA) is 32.3 Å².